The number of H-pyrrole nitrogens is 1. The van der Waals surface area contributed by atoms with Gasteiger partial charge in [-0.25, -0.2) is 9.37 Å². The minimum Gasteiger partial charge on any atom is -0.352 e. The first kappa shape index (κ1) is 14.5. The van der Waals surface area contributed by atoms with Gasteiger partial charge in [0.15, 0.2) is 0 Å². The van der Waals surface area contributed by atoms with Crippen LogP contribution in [0.1, 0.15) is 28.2 Å². The van der Waals surface area contributed by atoms with Crippen molar-refractivity contribution < 1.29 is 9.18 Å². The maximum Gasteiger partial charge on any atom is 0.255 e. The summed E-state index contributed by atoms with van der Waals surface area (Å²) in [5.41, 5.74) is 0.582. The molecular weight excluding hydrogens is 281 g/mol. The van der Waals surface area contributed by atoms with Gasteiger partial charge >= 0.3 is 0 Å². The van der Waals surface area contributed by atoms with Crippen molar-refractivity contribution >= 4 is 17.5 Å². The lowest BCUT2D eigenvalue weighted by molar-refractivity contribution is 0.0949. The van der Waals surface area contributed by atoms with Crippen LogP contribution in [0, 0.1) is 12.7 Å². The van der Waals surface area contributed by atoms with Crippen LogP contribution >= 0.6 is 11.6 Å². The molecule has 2 aromatic rings. The predicted octanol–water partition coefficient (Wildman–Crippen LogP) is 2.87. The molecule has 1 heterocycles. The van der Waals surface area contributed by atoms with Crippen LogP contribution in [0.15, 0.2) is 24.5 Å². The molecule has 0 saturated carbocycles. The highest BCUT2D eigenvalue weighted by Crippen LogP contribution is 2.23. The van der Waals surface area contributed by atoms with Crippen LogP contribution in [-0.2, 0) is 6.42 Å². The maximum atomic E-state index is 13.7. The summed E-state index contributed by atoms with van der Waals surface area (Å²) < 4.78 is 13.7. The number of amides is 1. The van der Waals surface area contributed by atoms with E-state index in [0.717, 1.165) is 12.2 Å². The molecular formula is C14H15ClFN3O. The summed E-state index contributed by atoms with van der Waals surface area (Å²) in [5, 5.41) is 2.83. The molecule has 0 aliphatic heterocycles. The Bertz CT molecular complexity index is 599. The SMILES string of the molecule is Cc1ccc(F)c(C(=O)NCCCc2ncc[nH]2)c1Cl. The van der Waals surface area contributed by atoms with Gasteiger partial charge in [-0.15, -0.1) is 0 Å². The number of rotatable bonds is 5. The fraction of sp³-hybridized carbons (Fsp3) is 0.286. The Hall–Kier alpha value is -1.88. The topological polar surface area (TPSA) is 57.8 Å². The molecule has 0 atom stereocenters. The summed E-state index contributed by atoms with van der Waals surface area (Å²) in [6.45, 7) is 2.17. The van der Waals surface area contributed by atoms with Crippen molar-refractivity contribution in [1.82, 2.24) is 15.3 Å². The molecule has 106 valence electrons. The standard InChI is InChI=1S/C14H15ClFN3O/c1-9-4-5-10(16)12(13(9)15)14(20)19-6-2-3-11-17-7-8-18-11/h4-5,7-8H,2-3,6H2,1H3,(H,17,18)(H,19,20). The molecule has 0 unspecified atom stereocenters. The second kappa shape index (κ2) is 6.52. The summed E-state index contributed by atoms with van der Waals surface area (Å²) in [6.07, 6.45) is 4.85. The Morgan fingerprint density at radius 1 is 1.50 bits per heavy atom. The van der Waals surface area contributed by atoms with E-state index in [2.05, 4.69) is 15.3 Å². The molecule has 0 spiro atoms. The van der Waals surface area contributed by atoms with E-state index in [9.17, 15) is 9.18 Å². The van der Waals surface area contributed by atoms with E-state index >= 15 is 0 Å². The minimum absolute atomic E-state index is 0.0929. The number of carbonyl (C=O) groups is 1. The maximum absolute atomic E-state index is 13.7. The third-order valence-electron chi connectivity index (χ3n) is 2.94. The number of aryl methyl sites for hydroxylation is 2. The highest BCUT2D eigenvalue weighted by Gasteiger charge is 2.17. The van der Waals surface area contributed by atoms with Crippen molar-refractivity contribution in [3.8, 4) is 0 Å². The van der Waals surface area contributed by atoms with E-state index < -0.39 is 11.7 Å². The van der Waals surface area contributed by atoms with Gasteiger partial charge in [0.1, 0.15) is 11.6 Å². The zero-order chi connectivity index (χ0) is 14.5. The van der Waals surface area contributed by atoms with Crippen molar-refractivity contribution in [2.45, 2.75) is 19.8 Å². The second-order valence-electron chi connectivity index (χ2n) is 4.45. The second-order valence-corrected chi connectivity index (χ2v) is 4.83. The zero-order valence-corrected chi connectivity index (χ0v) is 11.8. The Morgan fingerprint density at radius 2 is 2.30 bits per heavy atom. The summed E-state index contributed by atoms with van der Waals surface area (Å²) >= 11 is 5.97. The quantitative estimate of drug-likeness (QED) is 0.833. The lowest BCUT2D eigenvalue weighted by Crippen LogP contribution is -2.26. The van der Waals surface area contributed by atoms with Crippen LogP contribution in [-0.4, -0.2) is 22.4 Å². The third-order valence-corrected chi connectivity index (χ3v) is 3.43. The highest BCUT2D eigenvalue weighted by atomic mass is 35.5. The number of imidazole rings is 1. The van der Waals surface area contributed by atoms with Gasteiger partial charge in [0.25, 0.3) is 5.91 Å². The normalized spacial score (nSPS) is 10.6. The number of benzene rings is 1. The monoisotopic (exact) mass is 295 g/mol. The summed E-state index contributed by atoms with van der Waals surface area (Å²) in [7, 11) is 0. The zero-order valence-electron chi connectivity index (χ0n) is 11.0. The molecule has 2 rings (SSSR count). The molecule has 0 bridgehead atoms. The van der Waals surface area contributed by atoms with Crippen molar-refractivity contribution in [2.75, 3.05) is 6.54 Å². The van der Waals surface area contributed by atoms with Crippen LogP contribution in [0.3, 0.4) is 0 Å². The van der Waals surface area contributed by atoms with E-state index in [4.69, 9.17) is 11.6 Å². The number of aromatic amines is 1. The fourth-order valence-corrected chi connectivity index (χ4v) is 2.08. The molecule has 1 aromatic carbocycles. The van der Waals surface area contributed by atoms with Crippen molar-refractivity contribution in [1.29, 1.82) is 0 Å². The lowest BCUT2D eigenvalue weighted by atomic mass is 10.1. The van der Waals surface area contributed by atoms with Crippen LogP contribution in [0.4, 0.5) is 4.39 Å². The van der Waals surface area contributed by atoms with Gasteiger partial charge in [-0.1, -0.05) is 17.7 Å². The Morgan fingerprint density at radius 3 is 3.00 bits per heavy atom. The van der Waals surface area contributed by atoms with Crippen molar-refractivity contribution in [3.63, 3.8) is 0 Å². The summed E-state index contributed by atoms with van der Waals surface area (Å²) in [5.74, 6) is -0.237. The first-order valence-electron chi connectivity index (χ1n) is 6.30. The molecule has 1 amide bonds. The van der Waals surface area contributed by atoms with Gasteiger partial charge in [0.05, 0.1) is 10.6 Å². The predicted molar refractivity (Wildman–Crippen MR) is 75.4 cm³/mol. The first-order valence-corrected chi connectivity index (χ1v) is 6.68. The molecule has 0 aliphatic carbocycles. The number of aromatic nitrogens is 2. The van der Waals surface area contributed by atoms with Gasteiger partial charge in [-0.2, -0.15) is 0 Å². The third kappa shape index (κ3) is 3.36. The summed E-state index contributed by atoms with van der Waals surface area (Å²) in [6, 6.07) is 2.80. The number of hydrogen-bond acceptors (Lipinski definition) is 2. The largest absolute Gasteiger partial charge is 0.352 e. The molecule has 0 fully saturated rings. The smallest absolute Gasteiger partial charge is 0.255 e. The molecule has 0 radical (unpaired) electrons. The van der Waals surface area contributed by atoms with Crippen LogP contribution in [0.25, 0.3) is 0 Å². The molecule has 0 aliphatic rings. The molecule has 0 saturated heterocycles. The van der Waals surface area contributed by atoms with Gasteiger partial charge in [0.2, 0.25) is 0 Å². The first-order chi connectivity index (χ1) is 9.59. The van der Waals surface area contributed by atoms with E-state index in [1.54, 1.807) is 25.4 Å². The average molecular weight is 296 g/mol. The van der Waals surface area contributed by atoms with Gasteiger partial charge in [-0.3, -0.25) is 4.79 Å². The van der Waals surface area contributed by atoms with Gasteiger partial charge < -0.3 is 10.3 Å². The average Bonchev–Trinajstić information content (AvgIpc) is 2.93. The van der Waals surface area contributed by atoms with E-state index in [-0.39, 0.29) is 10.6 Å². The van der Waals surface area contributed by atoms with Crippen molar-refractivity contribution in [2.24, 2.45) is 0 Å². The Kier molecular flexibility index (Phi) is 4.74. The van der Waals surface area contributed by atoms with E-state index in [0.29, 0.717) is 18.5 Å². The van der Waals surface area contributed by atoms with E-state index in [1.807, 2.05) is 0 Å². The van der Waals surface area contributed by atoms with Gasteiger partial charge in [0, 0.05) is 25.4 Å². The van der Waals surface area contributed by atoms with Crippen molar-refractivity contribution in [3.05, 3.63) is 52.3 Å². The number of hydrogen-bond donors (Lipinski definition) is 2. The lowest BCUT2D eigenvalue weighted by Gasteiger charge is -2.09. The number of carbonyl (C=O) groups excluding carboxylic acids is 1. The number of nitrogens with zero attached hydrogens (tertiary/aromatic N) is 1. The summed E-state index contributed by atoms with van der Waals surface area (Å²) in [4.78, 5) is 19.0. The Balaban J connectivity index is 1.90. The van der Waals surface area contributed by atoms with Crippen LogP contribution in [0.2, 0.25) is 5.02 Å². The fourth-order valence-electron chi connectivity index (χ4n) is 1.85. The minimum atomic E-state index is -0.607. The molecule has 6 heteroatoms. The van der Waals surface area contributed by atoms with Crippen LogP contribution < -0.4 is 5.32 Å². The molecule has 2 N–H and O–H groups in total. The Labute approximate surface area is 121 Å². The number of halogens is 2. The number of nitrogens with one attached hydrogen (secondary N) is 2. The highest BCUT2D eigenvalue weighted by molar-refractivity contribution is 6.34. The molecule has 1 aromatic heterocycles. The van der Waals surface area contributed by atoms with Gasteiger partial charge in [-0.05, 0) is 25.0 Å². The van der Waals surface area contributed by atoms with E-state index in [1.165, 1.54) is 6.07 Å². The van der Waals surface area contributed by atoms with Crippen LogP contribution in [0.5, 0.6) is 0 Å². The molecule has 20 heavy (non-hydrogen) atoms. The molecule has 4 nitrogen and oxygen atoms in total.